The molecule has 0 aliphatic carbocycles. The number of primary amides is 1. The topological polar surface area (TPSA) is 60.1 Å². The Morgan fingerprint density at radius 2 is 2.46 bits per heavy atom. The third kappa shape index (κ3) is 2.91. The first-order valence-electron chi connectivity index (χ1n) is 4.37. The van der Waals surface area contributed by atoms with Gasteiger partial charge in [-0.3, -0.25) is 4.79 Å². The van der Waals surface area contributed by atoms with E-state index in [2.05, 4.69) is 5.32 Å². The number of nitrogens with one attached hydrogen (secondary N) is 1. The van der Waals surface area contributed by atoms with Crippen LogP contribution >= 0.6 is 0 Å². The van der Waals surface area contributed by atoms with Crippen molar-refractivity contribution in [1.82, 2.24) is 9.88 Å². The Hall–Kier alpha value is -1.29. The van der Waals surface area contributed by atoms with Crippen molar-refractivity contribution in [2.45, 2.75) is 20.0 Å². The van der Waals surface area contributed by atoms with Crippen LogP contribution in [-0.4, -0.2) is 17.0 Å². The van der Waals surface area contributed by atoms with Gasteiger partial charge in [0.2, 0.25) is 5.91 Å². The van der Waals surface area contributed by atoms with Crippen LogP contribution in [0.3, 0.4) is 0 Å². The van der Waals surface area contributed by atoms with E-state index in [0.717, 1.165) is 18.8 Å². The van der Waals surface area contributed by atoms with Crippen LogP contribution < -0.4 is 11.1 Å². The minimum atomic E-state index is -0.311. The normalized spacial score (nSPS) is 10.2. The average molecular weight is 181 g/mol. The highest BCUT2D eigenvalue weighted by Crippen LogP contribution is 2.01. The second-order valence-electron chi connectivity index (χ2n) is 2.87. The van der Waals surface area contributed by atoms with Gasteiger partial charge in [0.15, 0.2) is 0 Å². The molecule has 0 aliphatic heterocycles. The number of hydrogen-bond donors (Lipinski definition) is 2. The summed E-state index contributed by atoms with van der Waals surface area (Å²) in [7, 11) is 0. The molecule has 0 aliphatic rings. The zero-order chi connectivity index (χ0) is 9.68. The fraction of sp³-hybridized carbons (Fsp3) is 0.444. The van der Waals surface area contributed by atoms with Crippen LogP contribution in [-0.2, 0) is 17.9 Å². The summed E-state index contributed by atoms with van der Waals surface area (Å²) < 4.78 is 1.85. The summed E-state index contributed by atoms with van der Waals surface area (Å²) in [6.45, 7) is 3.99. The summed E-state index contributed by atoms with van der Waals surface area (Å²) in [5.74, 6) is -0.311. The van der Waals surface area contributed by atoms with Gasteiger partial charge in [0.25, 0.3) is 0 Å². The van der Waals surface area contributed by atoms with Gasteiger partial charge >= 0.3 is 0 Å². The Balaban J connectivity index is 2.60. The maximum Gasteiger partial charge on any atom is 0.237 e. The molecule has 1 aromatic rings. The number of nitrogens with two attached hydrogens (primary N) is 1. The van der Waals surface area contributed by atoms with Gasteiger partial charge in [0.1, 0.15) is 6.54 Å². The van der Waals surface area contributed by atoms with Gasteiger partial charge in [-0.15, -0.1) is 0 Å². The van der Waals surface area contributed by atoms with Crippen LogP contribution in [0.25, 0.3) is 0 Å². The molecule has 0 saturated heterocycles. The molecule has 13 heavy (non-hydrogen) atoms. The highest BCUT2D eigenvalue weighted by atomic mass is 16.1. The number of aromatic nitrogens is 1. The van der Waals surface area contributed by atoms with Gasteiger partial charge in [-0.2, -0.15) is 0 Å². The molecule has 0 unspecified atom stereocenters. The van der Waals surface area contributed by atoms with Crippen molar-refractivity contribution >= 4 is 5.91 Å². The fourth-order valence-electron chi connectivity index (χ4n) is 1.19. The van der Waals surface area contributed by atoms with Gasteiger partial charge in [0.05, 0.1) is 0 Å². The van der Waals surface area contributed by atoms with Crippen molar-refractivity contribution in [3.63, 3.8) is 0 Å². The van der Waals surface area contributed by atoms with Crippen LogP contribution in [0.5, 0.6) is 0 Å². The number of carbonyl (C=O) groups is 1. The lowest BCUT2D eigenvalue weighted by molar-refractivity contribution is -0.118. The first-order chi connectivity index (χ1) is 6.24. The van der Waals surface area contributed by atoms with Crippen molar-refractivity contribution in [3.8, 4) is 0 Å². The minimum Gasteiger partial charge on any atom is -0.368 e. The van der Waals surface area contributed by atoms with Crippen LogP contribution in [0.2, 0.25) is 0 Å². The molecule has 1 aromatic heterocycles. The van der Waals surface area contributed by atoms with E-state index in [-0.39, 0.29) is 12.5 Å². The molecule has 1 amide bonds. The first kappa shape index (κ1) is 9.80. The molecule has 3 N–H and O–H groups in total. The Morgan fingerprint density at radius 1 is 1.69 bits per heavy atom. The zero-order valence-corrected chi connectivity index (χ0v) is 7.79. The molecular weight excluding hydrogens is 166 g/mol. The van der Waals surface area contributed by atoms with E-state index < -0.39 is 0 Å². The lowest BCUT2D eigenvalue weighted by Gasteiger charge is -2.06. The molecule has 4 heteroatoms. The minimum absolute atomic E-state index is 0.258. The summed E-state index contributed by atoms with van der Waals surface area (Å²) in [5, 5.41) is 3.19. The van der Waals surface area contributed by atoms with E-state index in [0.29, 0.717) is 0 Å². The average Bonchev–Trinajstić information content (AvgIpc) is 2.48. The number of amides is 1. The lowest BCUT2D eigenvalue weighted by Crippen LogP contribution is -2.21. The number of rotatable bonds is 5. The Morgan fingerprint density at radius 3 is 3.08 bits per heavy atom. The fourth-order valence-corrected chi connectivity index (χ4v) is 1.19. The van der Waals surface area contributed by atoms with Crippen molar-refractivity contribution in [2.75, 3.05) is 6.54 Å². The van der Waals surface area contributed by atoms with Crippen molar-refractivity contribution in [1.29, 1.82) is 0 Å². The summed E-state index contributed by atoms with van der Waals surface area (Å²) in [6, 6.07) is 3.89. The van der Waals surface area contributed by atoms with E-state index in [9.17, 15) is 4.79 Å². The Kier molecular flexibility index (Phi) is 3.52. The number of hydrogen-bond acceptors (Lipinski definition) is 2. The van der Waals surface area contributed by atoms with Gasteiger partial charge in [-0.25, -0.2) is 0 Å². The maximum atomic E-state index is 10.7. The lowest BCUT2D eigenvalue weighted by atomic mass is 10.4. The number of carbonyl (C=O) groups excluding carboxylic acids is 1. The second kappa shape index (κ2) is 4.67. The van der Waals surface area contributed by atoms with Crippen LogP contribution in [0, 0.1) is 0 Å². The molecule has 0 atom stereocenters. The van der Waals surface area contributed by atoms with E-state index in [4.69, 9.17) is 5.73 Å². The molecule has 0 spiro atoms. The highest BCUT2D eigenvalue weighted by Gasteiger charge is 2.01. The van der Waals surface area contributed by atoms with Crippen LogP contribution in [0.15, 0.2) is 18.3 Å². The van der Waals surface area contributed by atoms with Crippen molar-refractivity contribution in [2.24, 2.45) is 5.73 Å². The Labute approximate surface area is 77.7 Å². The quantitative estimate of drug-likeness (QED) is 0.676. The van der Waals surface area contributed by atoms with Gasteiger partial charge in [-0.05, 0) is 18.7 Å². The molecule has 1 heterocycles. The van der Waals surface area contributed by atoms with Crippen LogP contribution in [0.4, 0.5) is 0 Å². The van der Waals surface area contributed by atoms with E-state index >= 15 is 0 Å². The molecular formula is C9H15N3O. The number of nitrogens with zero attached hydrogens (tertiary/aromatic N) is 1. The molecule has 0 radical (unpaired) electrons. The molecule has 72 valence electrons. The molecule has 4 nitrogen and oxygen atoms in total. The largest absolute Gasteiger partial charge is 0.368 e. The van der Waals surface area contributed by atoms with Gasteiger partial charge in [0, 0.05) is 18.4 Å². The molecule has 0 saturated carbocycles. The predicted molar refractivity (Wildman–Crippen MR) is 51.0 cm³/mol. The highest BCUT2D eigenvalue weighted by molar-refractivity contribution is 5.73. The van der Waals surface area contributed by atoms with Crippen molar-refractivity contribution < 1.29 is 4.79 Å². The molecule has 0 aromatic carbocycles. The summed E-state index contributed by atoms with van der Waals surface area (Å²) >= 11 is 0. The smallest absolute Gasteiger partial charge is 0.237 e. The summed E-state index contributed by atoms with van der Waals surface area (Å²) in [5.41, 5.74) is 6.18. The zero-order valence-electron chi connectivity index (χ0n) is 7.79. The van der Waals surface area contributed by atoms with E-state index in [1.165, 1.54) is 0 Å². The summed E-state index contributed by atoms with van der Waals surface area (Å²) in [4.78, 5) is 10.7. The van der Waals surface area contributed by atoms with Crippen molar-refractivity contribution in [3.05, 3.63) is 24.0 Å². The molecule has 0 bridgehead atoms. The third-order valence-electron chi connectivity index (χ3n) is 1.81. The third-order valence-corrected chi connectivity index (χ3v) is 1.81. The van der Waals surface area contributed by atoms with Gasteiger partial charge in [-0.1, -0.05) is 6.92 Å². The second-order valence-corrected chi connectivity index (χ2v) is 2.87. The Bertz CT molecular complexity index is 280. The predicted octanol–water partition coefficient (Wildman–Crippen LogP) is 0.0829. The molecule has 0 fully saturated rings. The maximum absolute atomic E-state index is 10.7. The first-order valence-corrected chi connectivity index (χ1v) is 4.37. The monoisotopic (exact) mass is 181 g/mol. The molecule has 1 rings (SSSR count). The van der Waals surface area contributed by atoms with Gasteiger partial charge < -0.3 is 15.6 Å². The SMILES string of the molecule is CCNCc1cccn1CC(N)=O. The summed E-state index contributed by atoms with van der Waals surface area (Å²) in [6.07, 6.45) is 1.86. The van der Waals surface area contributed by atoms with E-state index in [1.807, 2.05) is 29.8 Å². The standard InChI is InChI=1S/C9H15N3O/c1-2-11-6-8-4-3-5-12(8)7-9(10)13/h3-5,11H,2,6-7H2,1H3,(H2,10,13). The van der Waals surface area contributed by atoms with E-state index in [1.54, 1.807) is 0 Å². The van der Waals surface area contributed by atoms with Crippen LogP contribution in [0.1, 0.15) is 12.6 Å².